The number of hydrogen-bond donors (Lipinski definition) is 0. The molecule has 2 aromatic carbocycles. The van der Waals surface area contributed by atoms with Crippen molar-refractivity contribution in [3.05, 3.63) is 93.4 Å². The average Bonchev–Trinajstić information content (AvgIpc) is 3.60. The molecule has 166 valence electrons. The third kappa shape index (κ3) is 5.84. The molecule has 0 atom stereocenters. The maximum Gasteiger partial charge on any atom is 0.387 e. The van der Waals surface area contributed by atoms with Crippen LogP contribution >= 0.6 is 0 Å². The summed E-state index contributed by atoms with van der Waals surface area (Å²) in [5.41, 5.74) is 3.32. The minimum atomic E-state index is -2.91. The van der Waals surface area contributed by atoms with Crippen LogP contribution in [0.1, 0.15) is 35.1 Å². The van der Waals surface area contributed by atoms with E-state index < -0.39 is 6.61 Å². The van der Waals surface area contributed by atoms with Crippen LogP contribution in [0.4, 0.5) is 8.78 Å². The van der Waals surface area contributed by atoms with Crippen molar-refractivity contribution >= 4 is 12.2 Å². The summed E-state index contributed by atoms with van der Waals surface area (Å²) in [6, 6.07) is 16.5. The van der Waals surface area contributed by atoms with Gasteiger partial charge in [-0.3, -0.25) is 4.79 Å². The third-order valence-electron chi connectivity index (χ3n) is 5.31. The highest BCUT2D eigenvalue weighted by atomic mass is 19.3. The van der Waals surface area contributed by atoms with Crippen molar-refractivity contribution in [2.45, 2.75) is 32.9 Å². The van der Waals surface area contributed by atoms with Crippen LogP contribution in [0.5, 0.6) is 11.5 Å². The van der Waals surface area contributed by atoms with Gasteiger partial charge in [0.15, 0.2) is 11.5 Å². The maximum absolute atomic E-state index is 12.7. The zero-order valence-electron chi connectivity index (χ0n) is 17.8. The van der Waals surface area contributed by atoms with Gasteiger partial charge in [-0.2, -0.15) is 8.78 Å². The Labute approximate surface area is 185 Å². The fraction of sp³-hybridized carbons (Fsp3) is 0.269. The number of ether oxygens (including phenoxy) is 2. The predicted octanol–water partition coefficient (Wildman–Crippen LogP) is 5.77. The first-order valence-corrected chi connectivity index (χ1v) is 10.6. The molecule has 3 aromatic rings. The SMILES string of the molecule is Cc1cc(/C=C/c2ccc(OC(F)F)c(OCC3CC3)c2)cn(Cc2ccccc2)c1=O. The van der Waals surface area contributed by atoms with E-state index in [1.807, 2.05) is 54.7 Å². The summed E-state index contributed by atoms with van der Waals surface area (Å²) in [6.45, 7) is -0.132. The Balaban J connectivity index is 1.56. The molecule has 1 saturated carbocycles. The minimum absolute atomic E-state index is 0.0322. The van der Waals surface area contributed by atoms with E-state index in [1.54, 1.807) is 23.6 Å². The third-order valence-corrected chi connectivity index (χ3v) is 5.31. The van der Waals surface area contributed by atoms with Crippen molar-refractivity contribution in [3.8, 4) is 11.5 Å². The molecule has 0 N–H and O–H groups in total. The van der Waals surface area contributed by atoms with Gasteiger partial charge in [-0.1, -0.05) is 48.6 Å². The number of alkyl halides is 2. The van der Waals surface area contributed by atoms with E-state index in [0.717, 1.165) is 29.5 Å². The summed E-state index contributed by atoms with van der Waals surface area (Å²) >= 11 is 0. The minimum Gasteiger partial charge on any atom is -0.489 e. The van der Waals surface area contributed by atoms with Crippen molar-refractivity contribution in [3.63, 3.8) is 0 Å². The molecule has 0 bridgehead atoms. The summed E-state index contributed by atoms with van der Waals surface area (Å²) in [5, 5.41) is 0. The second-order valence-corrected chi connectivity index (χ2v) is 8.05. The van der Waals surface area contributed by atoms with E-state index in [0.29, 0.717) is 30.4 Å². The number of rotatable bonds is 9. The number of benzene rings is 2. The van der Waals surface area contributed by atoms with Gasteiger partial charge in [-0.15, -0.1) is 0 Å². The summed E-state index contributed by atoms with van der Waals surface area (Å²) in [4.78, 5) is 12.5. The van der Waals surface area contributed by atoms with E-state index in [2.05, 4.69) is 4.74 Å². The molecule has 1 heterocycles. The largest absolute Gasteiger partial charge is 0.489 e. The predicted molar refractivity (Wildman–Crippen MR) is 121 cm³/mol. The first-order valence-electron chi connectivity index (χ1n) is 10.6. The molecule has 0 saturated heterocycles. The molecule has 0 radical (unpaired) electrons. The van der Waals surface area contributed by atoms with Gasteiger partial charge in [-0.05, 0) is 60.6 Å². The van der Waals surface area contributed by atoms with Crippen LogP contribution in [0.2, 0.25) is 0 Å². The fourth-order valence-electron chi connectivity index (χ4n) is 3.42. The Bertz CT molecular complexity index is 1150. The molecule has 4 nitrogen and oxygen atoms in total. The monoisotopic (exact) mass is 437 g/mol. The Morgan fingerprint density at radius 2 is 1.78 bits per heavy atom. The normalized spacial score (nSPS) is 13.6. The second kappa shape index (κ2) is 9.81. The Kier molecular flexibility index (Phi) is 6.69. The van der Waals surface area contributed by atoms with E-state index in [1.165, 1.54) is 6.07 Å². The quantitative estimate of drug-likeness (QED) is 0.427. The van der Waals surface area contributed by atoms with Crippen molar-refractivity contribution in [2.24, 2.45) is 5.92 Å². The van der Waals surface area contributed by atoms with Crippen LogP contribution in [-0.4, -0.2) is 17.8 Å². The highest BCUT2D eigenvalue weighted by Crippen LogP contribution is 2.34. The molecule has 0 spiro atoms. The number of nitrogens with zero attached hydrogens (tertiary/aromatic N) is 1. The standard InChI is InChI=1S/C26H25F2NO3/c1-18-13-22(16-29(25(18)30)15-20-5-3-2-4-6-20)10-7-19-11-12-23(32-26(27)28)24(14-19)31-17-21-8-9-21/h2-7,10-14,16,21,26H,8-9,15,17H2,1H3/b10-7+. The van der Waals surface area contributed by atoms with Gasteiger partial charge >= 0.3 is 6.61 Å². The van der Waals surface area contributed by atoms with Crippen molar-refractivity contribution in [1.29, 1.82) is 0 Å². The molecule has 4 rings (SSSR count). The van der Waals surface area contributed by atoms with E-state index in [4.69, 9.17) is 4.74 Å². The highest BCUT2D eigenvalue weighted by Gasteiger charge is 2.23. The molecule has 0 unspecified atom stereocenters. The van der Waals surface area contributed by atoms with E-state index >= 15 is 0 Å². The smallest absolute Gasteiger partial charge is 0.387 e. The first kappa shape index (κ1) is 21.8. The zero-order valence-corrected chi connectivity index (χ0v) is 17.8. The second-order valence-electron chi connectivity index (χ2n) is 8.05. The molecule has 0 aliphatic heterocycles. The zero-order chi connectivity index (χ0) is 22.5. The maximum atomic E-state index is 12.7. The number of aryl methyl sites for hydroxylation is 1. The molecule has 1 fully saturated rings. The summed E-state index contributed by atoms with van der Waals surface area (Å²) in [6.07, 6.45) is 7.77. The van der Waals surface area contributed by atoms with Gasteiger partial charge in [0.1, 0.15) is 0 Å². The van der Waals surface area contributed by atoms with Crippen molar-refractivity contribution in [2.75, 3.05) is 6.61 Å². The molecule has 6 heteroatoms. The lowest BCUT2D eigenvalue weighted by Crippen LogP contribution is -2.22. The van der Waals surface area contributed by atoms with Gasteiger partial charge in [0.25, 0.3) is 5.56 Å². The lowest BCUT2D eigenvalue weighted by molar-refractivity contribution is -0.0515. The Morgan fingerprint density at radius 3 is 2.50 bits per heavy atom. The van der Waals surface area contributed by atoms with Gasteiger partial charge in [0, 0.05) is 11.8 Å². The number of hydrogen-bond acceptors (Lipinski definition) is 3. The van der Waals surface area contributed by atoms with E-state index in [9.17, 15) is 13.6 Å². The molecule has 1 aliphatic carbocycles. The number of aromatic nitrogens is 1. The Morgan fingerprint density at radius 1 is 1.03 bits per heavy atom. The fourth-order valence-corrected chi connectivity index (χ4v) is 3.42. The highest BCUT2D eigenvalue weighted by molar-refractivity contribution is 5.71. The number of pyridine rings is 1. The van der Waals surface area contributed by atoms with Crippen molar-refractivity contribution in [1.82, 2.24) is 4.57 Å². The van der Waals surface area contributed by atoms with Crippen LogP contribution < -0.4 is 15.0 Å². The molecule has 1 aromatic heterocycles. The average molecular weight is 437 g/mol. The van der Waals surface area contributed by atoms with Gasteiger partial charge < -0.3 is 14.0 Å². The van der Waals surface area contributed by atoms with Gasteiger partial charge in [0.2, 0.25) is 0 Å². The molecule has 1 aliphatic rings. The molecule has 0 amide bonds. The van der Waals surface area contributed by atoms with Crippen LogP contribution in [-0.2, 0) is 6.54 Å². The summed E-state index contributed by atoms with van der Waals surface area (Å²) < 4.78 is 37.5. The molecular weight excluding hydrogens is 412 g/mol. The van der Waals surface area contributed by atoms with Crippen LogP contribution in [0.15, 0.2) is 65.6 Å². The van der Waals surface area contributed by atoms with Crippen LogP contribution in [0.25, 0.3) is 12.2 Å². The van der Waals surface area contributed by atoms with Crippen LogP contribution in [0, 0.1) is 12.8 Å². The van der Waals surface area contributed by atoms with Gasteiger partial charge in [0.05, 0.1) is 13.2 Å². The Hall–Kier alpha value is -3.41. The molecular formula is C26H25F2NO3. The lowest BCUT2D eigenvalue weighted by atomic mass is 10.1. The lowest BCUT2D eigenvalue weighted by Gasteiger charge is -2.13. The van der Waals surface area contributed by atoms with E-state index in [-0.39, 0.29) is 11.3 Å². The summed E-state index contributed by atoms with van der Waals surface area (Å²) in [5.74, 6) is 0.830. The summed E-state index contributed by atoms with van der Waals surface area (Å²) in [7, 11) is 0. The number of halogens is 2. The topological polar surface area (TPSA) is 40.5 Å². The molecule has 32 heavy (non-hydrogen) atoms. The van der Waals surface area contributed by atoms with Crippen LogP contribution in [0.3, 0.4) is 0 Å². The first-order chi connectivity index (χ1) is 15.5. The van der Waals surface area contributed by atoms with Crippen molar-refractivity contribution < 1.29 is 18.3 Å². The van der Waals surface area contributed by atoms with Gasteiger partial charge in [-0.25, -0.2) is 0 Å².